The van der Waals surface area contributed by atoms with Crippen LogP contribution in [-0.4, -0.2) is 66.2 Å². The Labute approximate surface area is 216 Å². The fraction of sp³-hybridized carbons (Fsp3) is 0.222. The quantitative estimate of drug-likeness (QED) is 0.365. The summed E-state index contributed by atoms with van der Waals surface area (Å²) < 4.78 is 10.8. The molecule has 37 heavy (non-hydrogen) atoms. The SMILES string of the molecule is COc1cc(OC)cc(N2CCN(C(=O)c3ccc4[nH]c(-c5nc6cscc6[nH]c5=O)cc4c3)CC2)c1. The number of aromatic nitrogens is 3. The highest BCUT2D eigenvalue weighted by Crippen LogP contribution is 2.29. The number of fused-ring (bicyclic) bond motifs is 2. The molecule has 10 heteroatoms. The van der Waals surface area contributed by atoms with Gasteiger partial charge in [-0.1, -0.05) is 0 Å². The van der Waals surface area contributed by atoms with Gasteiger partial charge >= 0.3 is 0 Å². The van der Waals surface area contributed by atoms with Crippen molar-refractivity contribution in [3.8, 4) is 22.9 Å². The Kier molecular flexibility index (Phi) is 5.80. The minimum atomic E-state index is -0.250. The number of H-pyrrole nitrogens is 2. The number of anilines is 1. The Bertz CT molecular complexity index is 1660. The summed E-state index contributed by atoms with van der Waals surface area (Å²) in [4.78, 5) is 40.7. The van der Waals surface area contributed by atoms with Crippen LogP contribution >= 0.6 is 11.3 Å². The molecular weight excluding hydrogens is 490 g/mol. The molecule has 5 aromatic rings. The number of carbonyl (C=O) groups excluding carboxylic acids is 1. The third kappa shape index (κ3) is 4.29. The summed E-state index contributed by atoms with van der Waals surface area (Å²) in [5.74, 6) is 1.46. The van der Waals surface area contributed by atoms with Gasteiger partial charge in [-0.25, -0.2) is 4.98 Å². The number of nitrogens with one attached hydrogen (secondary N) is 2. The van der Waals surface area contributed by atoms with E-state index in [1.54, 1.807) is 14.2 Å². The first kappa shape index (κ1) is 23.1. The van der Waals surface area contributed by atoms with E-state index in [9.17, 15) is 9.59 Å². The summed E-state index contributed by atoms with van der Waals surface area (Å²) in [5, 5.41) is 4.62. The van der Waals surface area contributed by atoms with Gasteiger partial charge in [-0.3, -0.25) is 9.59 Å². The number of piperazine rings is 1. The zero-order chi connectivity index (χ0) is 25.5. The molecule has 1 saturated heterocycles. The molecule has 1 aliphatic rings. The lowest BCUT2D eigenvalue weighted by atomic mass is 10.1. The number of aromatic amines is 2. The first-order valence-electron chi connectivity index (χ1n) is 11.9. The molecule has 4 heterocycles. The summed E-state index contributed by atoms with van der Waals surface area (Å²) in [7, 11) is 3.27. The molecule has 2 N–H and O–H groups in total. The molecule has 188 valence electrons. The van der Waals surface area contributed by atoms with Gasteiger partial charge in [0.2, 0.25) is 0 Å². The molecule has 0 aliphatic carbocycles. The maximum absolute atomic E-state index is 13.3. The zero-order valence-corrected chi connectivity index (χ0v) is 21.2. The van der Waals surface area contributed by atoms with E-state index >= 15 is 0 Å². The van der Waals surface area contributed by atoms with Crippen LogP contribution in [0.3, 0.4) is 0 Å². The van der Waals surface area contributed by atoms with Crippen molar-refractivity contribution >= 4 is 44.9 Å². The minimum Gasteiger partial charge on any atom is -0.497 e. The molecule has 9 nitrogen and oxygen atoms in total. The number of ether oxygens (including phenoxy) is 2. The third-order valence-electron chi connectivity index (χ3n) is 6.73. The summed E-state index contributed by atoms with van der Waals surface area (Å²) >= 11 is 1.49. The maximum atomic E-state index is 13.3. The van der Waals surface area contributed by atoms with Crippen molar-refractivity contribution in [3.63, 3.8) is 0 Å². The van der Waals surface area contributed by atoms with Gasteiger partial charge < -0.3 is 29.2 Å². The summed E-state index contributed by atoms with van der Waals surface area (Å²) in [6.07, 6.45) is 0. The van der Waals surface area contributed by atoms with E-state index in [0.717, 1.165) is 39.1 Å². The molecule has 1 amide bonds. The maximum Gasteiger partial charge on any atom is 0.276 e. The molecule has 0 bridgehead atoms. The molecule has 0 saturated carbocycles. The normalized spacial score (nSPS) is 13.9. The van der Waals surface area contributed by atoms with Gasteiger partial charge in [-0.15, -0.1) is 11.3 Å². The Balaban J connectivity index is 1.20. The summed E-state index contributed by atoms with van der Waals surface area (Å²) in [6, 6.07) is 13.2. The Hall–Kier alpha value is -4.31. The number of thiophene rings is 1. The average Bonchev–Trinajstić information content (AvgIpc) is 3.57. The van der Waals surface area contributed by atoms with Crippen molar-refractivity contribution in [2.24, 2.45) is 0 Å². The lowest BCUT2D eigenvalue weighted by molar-refractivity contribution is 0.0747. The van der Waals surface area contributed by atoms with Crippen molar-refractivity contribution in [2.75, 3.05) is 45.3 Å². The number of hydrogen-bond donors (Lipinski definition) is 2. The fourth-order valence-electron chi connectivity index (χ4n) is 4.72. The highest BCUT2D eigenvalue weighted by molar-refractivity contribution is 7.09. The van der Waals surface area contributed by atoms with Crippen LogP contribution in [-0.2, 0) is 0 Å². The molecular formula is C27H25N5O4S. The summed E-state index contributed by atoms with van der Waals surface area (Å²) in [6.45, 7) is 2.62. The van der Waals surface area contributed by atoms with E-state index in [2.05, 4.69) is 19.9 Å². The van der Waals surface area contributed by atoms with Crippen molar-refractivity contribution in [3.05, 3.63) is 69.1 Å². The lowest BCUT2D eigenvalue weighted by Gasteiger charge is -2.36. The fourth-order valence-corrected chi connectivity index (χ4v) is 5.42. The van der Waals surface area contributed by atoms with E-state index in [0.29, 0.717) is 43.1 Å². The first-order valence-corrected chi connectivity index (χ1v) is 12.8. The molecule has 0 atom stereocenters. The van der Waals surface area contributed by atoms with E-state index in [4.69, 9.17) is 9.47 Å². The Morgan fingerprint density at radius 3 is 2.41 bits per heavy atom. The highest BCUT2D eigenvalue weighted by atomic mass is 32.1. The van der Waals surface area contributed by atoms with E-state index < -0.39 is 0 Å². The van der Waals surface area contributed by atoms with Gasteiger partial charge in [-0.05, 0) is 24.3 Å². The molecule has 0 spiro atoms. The minimum absolute atomic E-state index is 0.0109. The first-order chi connectivity index (χ1) is 18.0. The Morgan fingerprint density at radius 2 is 1.68 bits per heavy atom. The number of amides is 1. The van der Waals surface area contributed by atoms with Crippen LogP contribution in [0.5, 0.6) is 11.5 Å². The lowest BCUT2D eigenvalue weighted by Crippen LogP contribution is -2.48. The topological polar surface area (TPSA) is 104 Å². The van der Waals surface area contributed by atoms with E-state index in [-0.39, 0.29) is 11.5 Å². The van der Waals surface area contributed by atoms with Crippen molar-refractivity contribution in [1.82, 2.24) is 19.9 Å². The summed E-state index contributed by atoms with van der Waals surface area (Å²) in [5.41, 5.74) is 4.65. The third-order valence-corrected chi connectivity index (χ3v) is 7.46. The van der Waals surface area contributed by atoms with Crippen molar-refractivity contribution in [1.29, 1.82) is 0 Å². The molecule has 3 aromatic heterocycles. The molecule has 0 unspecified atom stereocenters. The second-order valence-electron chi connectivity index (χ2n) is 8.92. The second-order valence-corrected chi connectivity index (χ2v) is 9.66. The van der Waals surface area contributed by atoms with Crippen molar-refractivity contribution < 1.29 is 14.3 Å². The van der Waals surface area contributed by atoms with Gasteiger partial charge in [0.15, 0.2) is 5.69 Å². The number of rotatable bonds is 5. The zero-order valence-electron chi connectivity index (χ0n) is 20.4. The molecule has 1 fully saturated rings. The molecule has 6 rings (SSSR count). The number of hydrogen-bond acceptors (Lipinski definition) is 7. The van der Waals surface area contributed by atoms with E-state index in [1.807, 2.05) is 58.1 Å². The second kappa shape index (κ2) is 9.29. The highest BCUT2D eigenvalue weighted by Gasteiger charge is 2.23. The number of nitrogens with zero attached hydrogens (tertiary/aromatic N) is 3. The number of benzene rings is 2. The van der Waals surface area contributed by atoms with Crippen LogP contribution in [0.4, 0.5) is 5.69 Å². The van der Waals surface area contributed by atoms with Crippen LogP contribution in [0.2, 0.25) is 0 Å². The number of methoxy groups -OCH3 is 2. The smallest absolute Gasteiger partial charge is 0.276 e. The van der Waals surface area contributed by atoms with Gasteiger partial charge in [0.1, 0.15) is 11.5 Å². The van der Waals surface area contributed by atoms with Crippen LogP contribution < -0.4 is 19.9 Å². The molecule has 2 aromatic carbocycles. The standard InChI is InChI=1S/C27H25N5O4S/c1-35-19-11-18(12-20(13-19)36-2)31-5-7-32(8-6-31)27(34)16-3-4-21-17(9-16)10-22(28-21)25-26(33)30-24-15-37-14-23(24)29-25/h3-4,9-15,28H,5-8H2,1-2H3,(H,30,33). The van der Waals surface area contributed by atoms with E-state index in [1.165, 1.54) is 11.3 Å². The monoisotopic (exact) mass is 515 g/mol. The number of carbonyl (C=O) groups is 1. The average molecular weight is 516 g/mol. The molecule has 0 radical (unpaired) electrons. The van der Waals surface area contributed by atoms with Crippen molar-refractivity contribution in [2.45, 2.75) is 0 Å². The predicted molar refractivity (Wildman–Crippen MR) is 145 cm³/mol. The molecule has 1 aliphatic heterocycles. The van der Waals surface area contributed by atoms with Crippen LogP contribution in [0.25, 0.3) is 33.3 Å². The van der Waals surface area contributed by atoms with Gasteiger partial charge in [0.05, 0.1) is 30.9 Å². The Morgan fingerprint density at radius 1 is 0.919 bits per heavy atom. The van der Waals surface area contributed by atoms with Gasteiger partial charge in [0.25, 0.3) is 11.5 Å². The van der Waals surface area contributed by atoms with Gasteiger partial charge in [-0.2, -0.15) is 0 Å². The van der Waals surface area contributed by atoms with Gasteiger partial charge in [0, 0.05) is 77.3 Å². The van der Waals surface area contributed by atoms with Crippen LogP contribution in [0, 0.1) is 0 Å². The predicted octanol–water partition coefficient (Wildman–Crippen LogP) is 4.11. The van der Waals surface area contributed by atoms with Crippen LogP contribution in [0.15, 0.2) is 58.0 Å². The van der Waals surface area contributed by atoms with Crippen LogP contribution in [0.1, 0.15) is 10.4 Å². The largest absolute Gasteiger partial charge is 0.497 e.